The third kappa shape index (κ3) is 4.84. The molecule has 3 aliphatic rings. The first-order chi connectivity index (χ1) is 16.7. The Hall–Kier alpha value is -2.42. The first kappa shape index (κ1) is 25.7. The minimum atomic E-state index is -0.971. The van der Waals surface area contributed by atoms with Crippen molar-refractivity contribution < 1.29 is 29.1 Å². The lowest BCUT2D eigenvalue weighted by Crippen LogP contribution is -2.46. The van der Waals surface area contributed by atoms with Gasteiger partial charge in [-0.1, -0.05) is 18.6 Å². The first-order valence-electron chi connectivity index (χ1n) is 12.5. The maximum absolute atomic E-state index is 13.0. The van der Waals surface area contributed by atoms with E-state index in [1.54, 1.807) is 14.2 Å². The van der Waals surface area contributed by atoms with Gasteiger partial charge in [0.1, 0.15) is 5.75 Å². The van der Waals surface area contributed by atoms with Crippen molar-refractivity contribution in [2.75, 3.05) is 20.8 Å². The number of aromatic hydroxyl groups is 1. The molecule has 8 heteroatoms. The van der Waals surface area contributed by atoms with Crippen molar-refractivity contribution >= 4 is 25.0 Å². The number of phenols is 1. The molecule has 2 saturated heterocycles. The van der Waals surface area contributed by atoms with E-state index in [0.29, 0.717) is 31.5 Å². The van der Waals surface area contributed by atoms with E-state index in [1.165, 1.54) is 10.5 Å². The van der Waals surface area contributed by atoms with Crippen LogP contribution in [-0.4, -0.2) is 60.8 Å². The lowest BCUT2D eigenvalue weighted by molar-refractivity contribution is -0.138. The Balaban J connectivity index is 1.61. The molecule has 2 fully saturated rings. The Bertz CT molecular complexity index is 1060. The molecule has 0 bridgehead atoms. The summed E-state index contributed by atoms with van der Waals surface area (Å²) in [6.07, 6.45) is 4.94. The standard InChI is InChI=1S/C27H36BNO6/c1-6-17(11-18-9-15(2)25(30)16(3)10-18)7-8-22-23-19(14-34-5)12-20-24(21(23)13-28(33)35-22)27(32)29(4)26(20)31/h9-11,20-22,24,30,33H,6-8,12-14H2,1-5H3/b17-11+/t20-,21+,22-,24-/m1/s1. The smallest absolute Gasteiger partial charge is 0.455 e. The van der Waals surface area contributed by atoms with Crippen LogP contribution in [0.3, 0.4) is 0 Å². The van der Waals surface area contributed by atoms with E-state index in [-0.39, 0.29) is 29.8 Å². The van der Waals surface area contributed by atoms with E-state index >= 15 is 0 Å². The Kier molecular flexibility index (Phi) is 7.55. The van der Waals surface area contributed by atoms with Crippen molar-refractivity contribution in [3.05, 3.63) is 45.5 Å². The van der Waals surface area contributed by atoms with Crippen LogP contribution in [0.1, 0.15) is 49.3 Å². The molecule has 2 amide bonds. The van der Waals surface area contributed by atoms with E-state index in [9.17, 15) is 19.7 Å². The fourth-order valence-electron chi connectivity index (χ4n) is 6.20. The molecular formula is C27H36BNO6. The maximum Gasteiger partial charge on any atom is 0.455 e. The molecular weight excluding hydrogens is 445 g/mol. The Morgan fingerprint density at radius 2 is 1.91 bits per heavy atom. The van der Waals surface area contributed by atoms with Crippen LogP contribution in [0, 0.1) is 31.6 Å². The zero-order valence-corrected chi connectivity index (χ0v) is 21.3. The second kappa shape index (κ2) is 10.3. The molecule has 4 atom stereocenters. The number of hydrogen-bond donors (Lipinski definition) is 2. The van der Waals surface area contributed by atoms with E-state index < -0.39 is 13.0 Å². The van der Waals surface area contributed by atoms with Crippen LogP contribution in [0.5, 0.6) is 5.75 Å². The van der Waals surface area contributed by atoms with Gasteiger partial charge >= 0.3 is 7.12 Å². The molecule has 2 N–H and O–H groups in total. The van der Waals surface area contributed by atoms with Gasteiger partial charge in [0.2, 0.25) is 11.8 Å². The molecule has 188 valence electrons. The molecule has 0 saturated carbocycles. The molecule has 2 heterocycles. The quantitative estimate of drug-likeness (QED) is 0.351. The molecule has 7 nitrogen and oxygen atoms in total. The minimum absolute atomic E-state index is 0.138. The fourth-order valence-corrected chi connectivity index (χ4v) is 6.20. The van der Waals surface area contributed by atoms with Crippen LogP contribution < -0.4 is 0 Å². The largest absolute Gasteiger partial charge is 0.507 e. The van der Waals surface area contributed by atoms with Gasteiger partial charge < -0.3 is 19.5 Å². The van der Waals surface area contributed by atoms with Gasteiger partial charge in [0, 0.05) is 14.2 Å². The number of ether oxygens (including phenoxy) is 1. The number of amides is 2. The summed E-state index contributed by atoms with van der Waals surface area (Å²) in [6.45, 7) is 6.30. The predicted octanol–water partition coefficient (Wildman–Crippen LogP) is 3.66. The molecule has 35 heavy (non-hydrogen) atoms. The van der Waals surface area contributed by atoms with Gasteiger partial charge in [-0.3, -0.25) is 14.5 Å². The molecule has 0 unspecified atom stereocenters. The fraction of sp³-hybridized carbons (Fsp3) is 0.556. The van der Waals surface area contributed by atoms with Crippen molar-refractivity contribution in [2.24, 2.45) is 17.8 Å². The predicted molar refractivity (Wildman–Crippen MR) is 135 cm³/mol. The number of methoxy groups -OCH3 is 1. The van der Waals surface area contributed by atoms with Crippen LogP contribution in [0.4, 0.5) is 0 Å². The molecule has 0 aromatic heterocycles. The zero-order chi connectivity index (χ0) is 25.4. The number of carbonyl (C=O) groups is 2. The van der Waals surface area contributed by atoms with Gasteiger partial charge in [0.15, 0.2) is 0 Å². The number of aryl methyl sites for hydroxylation is 2. The highest BCUT2D eigenvalue weighted by molar-refractivity contribution is 6.43. The normalized spacial score (nSPS) is 27.0. The number of hydrogen-bond acceptors (Lipinski definition) is 6. The Labute approximate surface area is 207 Å². The van der Waals surface area contributed by atoms with Gasteiger partial charge in [-0.05, 0) is 91.7 Å². The highest BCUT2D eigenvalue weighted by Gasteiger charge is 2.56. The summed E-state index contributed by atoms with van der Waals surface area (Å²) in [7, 11) is 2.22. The summed E-state index contributed by atoms with van der Waals surface area (Å²) >= 11 is 0. The van der Waals surface area contributed by atoms with E-state index in [4.69, 9.17) is 9.39 Å². The van der Waals surface area contributed by atoms with Gasteiger partial charge in [0.25, 0.3) is 0 Å². The summed E-state index contributed by atoms with van der Waals surface area (Å²) in [4.78, 5) is 27.0. The van der Waals surface area contributed by atoms with Crippen molar-refractivity contribution in [1.29, 1.82) is 0 Å². The van der Waals surface area contributed by atoms with Gasteiger partial charge in [-0.15, -0.1) is 0 Å². The highest BCUT2D eigenvalue weighted by atomic mass is 16.5. The lowest BCUT2D eigenvalue weighted by atomic mass is 9.58. The maximum atomic E-state index is 13.0. The summed E-state index contributed by atoms with van der Waals surface area (Å²) in [5.41, 5.74) is 6.06. The van der Waals surface area contributed by atoms with E-state index in [2.05, 4.69) is 13.0 Å². The van der Waals surface area contributed by atoms with Crippen LogP contribution in [0.2, 0.25) is 6.32 Å². The number of likely N-dealkylation sites (tertiary alicyclic amines) is 1. The average Bonchev–Trinajstić information content (AvgIpc) is 3.03. The SMILES string of the molecule is CC/C(=C\c1cc(C)c(O)c(C)c1)CC[C@H]1OB(O)C[C@H]2C1=C(COC)C[C@H]1C(=O)N(C)C(=O)[C@H]12. The number of fused-ring (bicyclic) bond motifs is 3. The van der Waals surface area contributed by atoms with E-state index in [0.717, 1.165) is 40.7 Å². The molecule has 0 spiro atoms. The number of carbonyl (C=O) groups excluding carboxylic acids is 2. The van der Waals surface area contributed by atoms with Crippen LogP contribution >= 0.6 is 0 Å². The molecule has 1 aliphatic carbocycles. The molecule has 4 rings (SSSR count). The lowest BCUT2D eigenvalue weighted by Gasteiger charge is -2.43. The highest BCUT2D eigenvalue weighted by Crippen LogP contribution is 2.50. The second-order valence-corrected chi connectivity index (χ2v) is 10.2. The molecule has 1 aromatic carbocycles. The number of benzene rings is 1. The monoisotopic (exact) mass is 481 g/mol. The van der Waals surface area contributed by atoms with Crippen LogP contribution in [-0.2, 0) is 19.0 Å². The Morgan fingerprint density at radius 3 is 2.54 bits per heavy atom. The number of allylic oxidation sites excluding steroid dienone is 1. The van der Waals surface area contributed by atoms with Crippen LogP contribution in [0.25, 0.3) is 6.08 Å². The molecule has 1 aromatic rings. The number of imide groups is 1. The average molecular weight is 481 g/mol. The van der Waals surface area contributed by atoms with Crippen molar-refractivity contribution in [1.82, 2.24) is 4.90 Å². The topological polar surface area (TPSA) is 96.3 Å². The zero-order valence-electron chi connectivity index (χ0n) is 21.3. The minimum Gasteiger partial charge on any atom is -0.507 e. The molecule has 2 aliphatic heterocycles. The summed E-state index contributed by atoms with van der Waals surface area (Å²) in [5.74, 6) is -1.00. The molecule has 0 radical (unpaired) electrons. The third-order valence-electron chi connectivity index (χ3n) is 7.91. The summed E-state index contributed by atoms with van der Waals surface area (Å²) in [5, 5.41) is 20.7. The Morgan fingerprint density at radius 1 is 1.23 bits per heavy atom. The van der Waals surface area contributed by atoms with Crippen molar-refractivity contribution in [3.8, 4) is 5.75 Å². The first-order valence-corrected chi connectivity index (χ1v) is 12.5. The van der Waals surface area contributed by atoms with Crippen molar-refractivity contribution in [2.45, 2.75) is 58.9 Å². The second-order valence-electron chi connectivity index (χ2n) is 10.2. The van der Waals surface area contributed by atoms with Crippen LogP contribution in [0.15, 0.2) is 28.9 Å². The summed E-state index contributed by atoms with van der Waals surface area (Å²) < 4.78 is 11.5. The van der Waals surface area contributed by atoms with Crippen molar-refractivity contribution in [3.63, 3.8) is 0 Å². The van der Waals surface area contributed by atoms with Gasteiger partial charge in [-0.25, -0.2) is 0 Å². The van der Waals surface area contributed by atoms with E-state index in [1.807, 2.05) is 26.0 Å². The van der Waals surface area contributed by atoms with Gasteiger partial charge in [0.05, 0.1) is 24.5 Å². The third-order valence-corrected chi connectivity index (χ3v) is 7.91. The number of nitrogens with zero attached hydrogens (tertiary/aromatic N) is 1. The summed E-state index contributed by atoms with van der Waals surface area (Å²) in [6, 6.07) is 3.96. The van der Waals surface area contributed by atoms with Gasteiger partial charge in [-0.2, -0.15) is 0 Å². The number of rotatable bonds is 7. The number of phenolic OH excluding ortho intramolecular Hbond substituents is 1.